The number of halogens is 1. The molecule has 0 saturated carbocycles. The van der Waals surface area contributed by atoms with E-state index in [0.29, 0.717) is 17.4 Å². The van der Waals surface area contributed by atoms with E-state index in [1.807, 2.05) is 0 Å². The van der Waals surface area contributed by atoms with Crippen molar-refractivity contribution in [2.45, 2.75) is 6.92 Å². The topological polar surface area (TPSA) is 59.4 Å². The number of aromatic nitrogens is 1. The summed E-state index contributed by atoms with van der Waals surface area (Å²) in [5, 5.41) is 9.24. The highest BCUT2D eigenvalue weighted by molar-refractivity contribution is 6.29. The number of carboxylic acids is 1. The van der Waals surface area contributed by atoms with Gasteiger partial charge in [-0.1, -0.05) is 11.6 Å². The fourth-order valence-corrected chi connectivity index (χ4v) is 0.908. The van der Waals surface area contributed by atoms with E-state index in [9.17, 15) is 4.79 Å². The second-order valence-electron chi connectivity index (χ2n) is 2.79. The van der Waals surface area contributed by atoms with E-state index in [1.165, 1.54) is 12.3 Å². The summed E-state index contributed by atoms with van der Waals surface area (Å²) in [4.78, 5) is 14.2. The first-order valence-electron chi connectivity index (χ1n) is 4.24. The van der Waals surface area contributed by atoms with Gasteiger partial charge in [0.2, 0.25) is 0 Å². The molecule has 0 aliphatic heterocycles. The first-order valence-corrected chi connectivity index (χ1v) is 4.62. The highest BCUT2D eigenvalue weighted by Gasteiger charge is 2.03. The van der Waals surface area contributed by atoms with Crippen LogP contribution in [0.1, 0.15) is 17.4 Å². The van der Waals surface area contributed by atoms with Gasteiger partial charge in [-0.3, -0.25) is 0 Å². The summed E-state index contributed by atoms with van der Waals surface area (Å²) in [6.45, 7) is 2.08. The van der Waals surface area contributed by atoms with Crippen LogP contribution in [0.5, 0.6) is 5.75 Å². The molecule has 1 aromatic rings. The third kappa shape index (κ3) is 3.99. The molecule has 0 aromatic carbocycles. The summed E-state index contributed by atoms with van der Waals surface area (Å²) in [7, 11) is 0. The molecule has 1 rings (SSSR count). The maximum atomic E-state index is 10.5. The lowest BCUT2D eigenvalue weighted by Gasteiger charge is -2.02. The second kappa shape index (κ2) is 5.36. The molecule has 80 valence electrons. The fraction of sp³-hybridized carbons (Fsp3) is 0.200. The average molecular weight is 228 g/mol. The van der Waals surface area contributed by atoms with Gasteiger partial charge in [-0.2, -0.15) is 0 Å². The van der Waals surface area contributed by atoms with Gasteiger partial charge in [-0.05, 0) is 25.1 Å². The third-order valence-electron chi connectivity index (χ3n) is 1.57. The largest absolute Gasteiger partial charge is 0.488 e. The molecule has 15 heavy (non-hydrogen) atoms. The van der Waals surface area contributed by atoms with Crippen molar-refractivity contribution in [2.24, 2.45) is 0 Å². The molecule has 4 nitrogen and oxygen atoms in total. The Hall–Kier alpha value is -1.55. The summed E-state index contributed by atoms with van der Waals surface area (Å²) >= 11 is 5.60. The number of ether oxygens (including phenoxy) is 1. The highest BCUT2D eigenvalue weighted by atomic mass is 35.5. The Kier molecular flexibility index (Phi) is 4.12. The van der Waals surface area contributed by atoms with E-state index in [0.717, 1.165) is 0 Å². The summed E-state index contributed by atoms with van der Waals surface area (Å²) < 4.78 is 5.24. The van der Waals surface area contributed by atoms with E-state index >= 15 is 0 Å². The zero-order valence-corrected chi connectivity index (χ0v) is 8.86. The molecule has 0 fully saturated rings. The van der Waals surface area contributed by atoms with Crippen LogP contribution in [0, 0.1) is 0 Å². The van der Waals surface area contributed by atoms with Crippen molar-refractivity contribution in [3.05, 3.63) is 35.1 Å². The molecule has 0 atom stereocenters. The molecule has 1 N–H and O–H groups in total. The quantitative estimate of drug-likeness (QED) is 0.858. The first kappa shape index (κ1) is 11.5. The molecule has 0 aliphatic rings. The molecule has 0 unspecified atom stereocenters. The molecule has 1 aromatic heterocycles. The molecule has 0 radical (unpaired) electrons. The van der Waals surface area contributed by atoms with E-state index in [-0.39, 0.29) is 5.69 Å². The standard InChI is InChI=1S/C10H10ClNO3/c1-7(11)4-5-15-8-2-3-9(10(13)14)12-6-8/h2-4,6H,5H2,1H3,(H,13,14)/b7-4-. The molecule has 5 heteroatoms. The van der Waals surface area contributed by atoms with Crippen molar-refractivity contribution in [1.82, 2.24) is 4.98 Å². The van der Waals surface area contributed by atoms with E-state index < -0.39 is 5.97 Å². The number of pyridine rings is 1. The van der Waals surface area contributed by atoms with Crippen molar-refractivity contribution >= 4 is 17.6 Å². The Morgan fingerprint density at radius 2 is 2.40 bits per heavy atom. The summed E-state index contributed by atoms with van der Waals surface area (Å²) in [5.74, 6) is -0.549. The lowest BCUT2D eigenvalue weighted by Crippen LogP contribution is -2.00. The normalized spacial score (nSPS) is 11.2. The smallest absolute Gasteiger partial charge is 0.354 e. The lowest BCUT2D eigenvalue weighted by atomic mass is 10.3. The summed E-state index contributed by atoms with van der Waals surface area (Å²) in [6, 6.07) is 2.93. The van der Waals surface area contributed by atoms with Crippen LogP contribution in [0.2, 0.25) is 0 Å². The lowest BCUT2D eigenvalue weighted by molar-refractivity contribution is 0.0690. The van der Waals surface area contributed by atoms with Crippen LogP contribution in [0.3, 0.4) is 0 Å². The fourth-order valence-electron chi connectivity index (χ4n) is 0.845. The zero-order chi connectivity index (χ0) is 11.3. The van der Waals surface area contributed by atoms with Crippen LogP contribution in [0.4, 0.5) is 0 Å². The van der Waals surface area contributed by atoms with Gasteiger partial charge in [0.1, 0.15) is 18.1 Å². The van der Waals surface area contributed by atoms with Crippen molar-refractivity contribution < 1.29 is 14.6 Å². The molecule has 0 bridgehead atoms. The van der Waals surface area contributed by atoms with Gasteiger partial charge in [0.25, 0.3) is 0 Å². The highest BCUT2D eigenvalue weighted by Crippen LogP contribution is 2.09. The van der Waals surface area contributed by atoms with Gasteiger partial charge in [0.15, 0.2) is 0 Å². The maximum Gasteiger partial charge on any atom is 0.354 e. The Bertz CT molecular complexity index is 369. The molecule has 0 spiro atoms. The SMILES string of the molecule is C/C(Cl)=C/COc1ccc(C(=O)O)nc1. The Morgan fingerprint density at radius 1 is 1.67 bits per heavy atom. The van der Waals surface area contributed by atoms with Gasteiger partial charge in [-0.15, -0.1) is 0 Å². The van der Waals surface area contributed by atoms with Crippen LogP contribution in [0.15, 0.2) is 29.4 Å². The summed E-state index contributed by atoms with van der Waals surface area (Å²) in [6.07, 6.45) is 3.06. The number of hydrogen-bond donors (Lipinski definition) is 1. The van der Waals surface area contributed by atoms with Gasteiger partial charge >= 0.3 is 5.97 Å². The van der Waals surface area contributed by atoms with Crippen molar-refractivity contribution in [3.8, 4) is 5.75 Å². The Morgan fingerprint density at radius 3 is 2.87 bits per heavy atom. The maximum absolute atomic E-state index is 10.5. The molecule has 0 aliphatic carbocycles. The summed E-state index contributed by atoms with van der Waals surface area (Å²) in [5.41, 5.74) is -0.00795. The zero-order valence-electron chi connectivity index (χ0n) is 8.11. The first-order chi connectivity index (χ1) is 7.09. The van der Waals surface area contributed by atoms with Crippen molar-refractivity contribution in [2.75, 3.05) is 6.61 Å². The van der Waals surface area contributed by atoms with Crippen LogP contribution >= 0.6 is 11.6 Å². The van der Waals surface area contributed by atoms with Crippen LogP contribution in [-0.4, -0.2) is 22.7 Å². The van der Waals surface area contributed by atoms with Crippen LogP contribution < -0.4 is 4.74 Å². The van der Waals surface area contributed by atoms with Crippen molar-refractivity contribution in [3.63, 3.8) is 0 Å². The number of hydrogen-bond acceptors (Lipinski definition) is 3. The average Bonchev–Trinajstić information content (AvgIpc) is 2.18. The number of aromatic carboxylic acids is 1. The minimum Gasteiger partial charge on any atom is -0.488 e. The third-order valence-corrected chi connectivity index (χ3v) is 1.72. The van der Waals surface area contributed by atoms with E-state index in [2.05, 4.69) is 4.98 Å². The number of carboxylic acid groups (broad SMARTS) is 1. The van der Waals surface area contributed by atoms with E-state index in [4.69, 9.17) is 21.4 Å². The molecule has 0 saturated heterocycles. The van der Waals surface area contributed by atoms with Crippen LogP contribution in [0.25, 0.3) is 0 Å². The monoisotopic (exact) mass is 227 g/mol. The minimum atomic E-state index is -1.06. The van der Waals surface area contributed by atoms with Gasteiger partial charge in [0, 0.05) is 5.03 Å². The number of allylic oxidation sites excluding steroid dienone is 1. The van der Waals surface area contributed by atoms with Gasteiger partial charge < -0.3 is 9.84 Å². The van der Waals surface area contributed by atoms with Gasteiger partial charge in [-0.25, -0.2) is 9.78 Å². The van der Waals surface area contributed by atoms with Crippen molar-refractivity contribution in [1.29, 1.82) is 0 Å². The predicted molar refractivity (Wildman–Crippen MR) is 56.3 cm³/mol. The molecule has 0 amide bonds. The Labute approximate surface area is 92.2 Å². The predicted octanol–water partition coefficient (Wildman–Crippen LogP) is 2.30. The molecular formula is C10H10ClNO3. The van der Waals surface area contributed by atoms with E-state index in [1.54, 1.807) is 19.1 Å². The Balaban J connectivity index is 2.57. The number of carbonyl (C=O) groups is 1. The van der Waals surface area contributed by atoms with Gasteiger partial charge in [0.05, 0.1) is 6.20 Å². The molecule has 1 heterocycles. The number of rotatable bonds is 4. The number of nitrogens with zero attached hydrogens (tertiary/aromatic N) is 1. The molecular weight excluding hydrogens is 218 g/mol. The van der Waals surface area contributed by atoms with Crippen LogP contribution in [-0.2, 0) is 0 Å². The second-order valence-corrected chi connectivity index (χ2v) is 3.38. The minimum absolute atomic E-state index is 0.00795.